The average Bonchev–Trinajstić information content (AvgIpc) is 2.65. The first-order valence-corrected chi connectivity index (χ1v) is 9.16. The molecule has 2 nitrogen and oxygen atoms in total. The minimum absolute atomic E-state index is 0.272. The van der Waals surface area contributed by atoms with Crippen molar-refractivity contribution in [3.05, 3.63) is 71.3 Å². The van der Waals surface area contributed by atoms with Crippen LogP contribution >= 0.6 is 0 Å². The van der Waals surface area contributed by atoms with E-state index in [1.165, 1.54) is 0 Å². The SMILES string of the molecule is Cc1cccc2c(O)c3cc4c(O)c5c(C)ccc(C)c5cc4cc3cc12. The molecule has 0 radical (unpaired) electrons. The van der Waals surface area contributed by atoms with Gasteiger partial charge in [-0.1, -0.05) is 30.3 Å². The van der Waals surface area contributed by atoms with Crippen LogP contribution in [0.1, 0.15) is 16.7 Å². The summed E-state index contributed by atoms with van der Waals surface area (Å²) in [5, 5.41) is 29.3. The van der Waals surface area contributed by atoms with Gasteiger partial charge in [0.15, 0.2) is 0 Å². The molecule has 5 rings (SSSR count). The molecule has 0 heterocycles. The molecule has 0 aromatic heterocycles. The largest absolute Gasteiger partial charge is 0.507 e. The van der Waals surface area contributed by atoms with Crippen LogP contribution < -0.4 is 0 Å². The summed E-state index contributed by atoms with van der Waals surface area (Å²) in [5.41, 5.74) is 3.33. The van der Waals surface area contributed by atoms with Gasteiger partial charge in [0.2, 0.25) is 0 Å². The summed E-state index contributed by atoms with van der Waals surface area (Å²) < 4.78 is 0. The third kappa shape index (κ3) is 2.13. The maximum atomic E-state index is 11.0. The van der Waals surface area contributed by atoms with Gasteiger partial charge in [-0.3, -0.25) is 0 Å². The summed E-state index contributed by atoms with van der Waals surface area (Å²) in [6, 6.07) is 18.3. The molecule has 5 aromatic rings. The van der Waals surface area contributed by atoms with E-state index in [0.29, 0.717) is 0 Å². The highest BCUT2D eigenvalue weighted by molar-refractivity contribution is 6.15. The van der Waals surface area contributed by atoms with Crippen LogP contribution in [0.2, 0.25) is 0 Å². The standard InChI is InChI=1S/C25H20O2/c1-13-5-4-6-18-19(13)10-16-9-17-11-20-14(2)7-8-15(3)23(20)25(27)22(17)12-21(16)24(18)26/h4-12,26-27H,1-3H3. The molecule has 0 spiro atoms. The van der Waals surface area contributed by atoms with Crippen LogP contribution in [0, 0.1) is 20.8 Å². The summed E-state index contributed by atoms with van der Waals surface area (Å²) in [6.07, 6.45) is 0. The monoisotopic (exact) mass is 352 g/mol. The Morgan fingerprint density at radius 3 is 1.93 bits per heavy atom. The Morgan fingerprint density at radius 2 is 1.15 bits per heavy atom. The van der Waals surface area contributed by atoms with E-state index < -0.39 is 0 Å². The molecule has 5 aromatic carbocycles. The molecule has 0 amide bonds. The van der Waals surface area contributed by atoms with E-state index >= 15 is 0 Å². The maximum Gasteiger partial charge on any atom is 0.131 e. The van der Waals surface area contributed by atoms with E-state index in [-0.39, 0.29) is 11.5 Å². The predicted octanol–water partition coefficient (Wildman–Crippen LogP) is 6.64. The molecule has 0 aliphatic rings. The molecule has 0 atom stereocenters. The third-order valence-electron chi connectivity index (χ3n) is 5.82. The number of aryl methyl sites for hydroxylation is 3. The maximum absolute atomic E-state index is 11.0. The second-order valence-corrected chi connectivity index (χ2v) is 7.54. The van der Waals surface area contributed by atoms with Crippen molar-refractivity contribution in [1.29, 1.82) is 0 Å². The molecule has 0 fully saturated rings. The Bertz CT molecular complexity index is 1410. The van der Waals surface area contributed by atoms with Gasteiger partial charge in [-0.25, -0.2) is 0 Å². The van der Waals surface area contributed by atoms with E-state index in [1.54, 1.807) is 0 Å². The van der Waals surface area contributed by atoms with Crippen molar-refractivity contribution in [3.63, 3.8) is 0 Å². The van der Waals surface area contributed by atoms with Crippen molar-refractivity contribution in [2.24, 2.45) is 0 Å². The lowest BCUT2D eigenvalue weighted by Crippen LogP contribution is -1.87. The number of phenols is 2. The van der Waals surface area contributed by atoms with Crippen LogP contribution in [0.3, 0.4) is 0 Å². The van der Waals surface area contributed by atoms with E-state index in [1.807, 2.05) is 31.2 Å². The topological polar surface area (TPSA) is 40.5 Å². The fourth-order valence-electron chi connectivity index (χ4n) is 4.29. The summed E-state index contributed by atoms with van der Waals surface area (Å²) in [7, 11) is 0. The van der Waals surface area contributed by atoms with Crippen molar-refractivity contribution in [2.45, 2.75) is 20.8 Å². The van der Waals surface area contributed by atoms with Crippen LogP contribution in [-0.4, -0.2) is 10.2 Å². The van der Waals surface area contributed by atoms with Crippen LogP contribution in [0.5, 0.6) is 11.5 Å². The van der Waals surface area contributed by atoms with Crippen LogP contribution in [0.25, 0.3) is 43.1 Å². The second-order valence-electron chi connectivity index (χ2n) is 7.54. The quantitative estimate of drug-likeness (QED) is 0.307. The molecule has 2 N–H and O–H groups in total. The Balaban J connectivity index is 2.01. The Labute approximate surface area is 157 Å². The minimum Gasteiger partial charge on any atom is -0.507 e. The van der Waals surface area contributed by atoms with Crippen molar-refractivity contribution in [2.75, 3.05) is 0 Å². The molecular weight excluding hydrogens is 332 g/mol. The lowest BCUT2D eigenvalue weighted by Gasteiger charge is -2.14. The van der Waals surface area contributed by atoms with Gasteiger partial charge < -0.3 is 10.2 Å². The number of phenolic OH excluding ortho intramolecular Hbond substituents is 2. The Kier molecular flexibility index (Phi) is 3.17. The van der Waals surface area contributed by atoms with Gasteiger partial charge in [0.05, 0.1) is 0 Å². The highest BCUT2D eigenvalue weighted by atomic mass is 16.3. The molecule has 0 saturated carbocycles. The van der Waals surface area contributed by atoms with Gasteiger partial charge >= 0.3 is 0 Å². The van der Waals surface area contributed by atoms with Crippen molar-refractivity contribution >= 4 is 43.1 Å². The van der Waals surface area contributed by atoms with E-state index in [9.17, 15) is 10.2 Å². The van der Waals surface area contributed by atoms with Gasteiger partial charge in [-0.2, -0.15) is 0 Å². The molecule has 0 aliphatic heterocycles. The summed E-state index contributed by atoms with van der Waals surface area (Å²) in [6.45, 7) is 6.14. The number of benzene rings is 5. The van der Waals surface area contributed by atoms with Crippen LogP contribution in [0.4, 0.5) is 0 Å². The zero-order valence-electron chi connectivity index (χ0n) is 15.6. The second kappa shape index (κ2) is 5.37. The smallest absolute Gasteiger partial charge is 0.131 e. The molecule has 0 saturated heterocycles. The number of hydrogen-bond donors (Lipinski definition) is 2. The fraction of sp³-hybridized carbons (Fsp3) is 0.120. The Hall–Kier alpha value is -3.26. The van der Waals surface area contributed by atoms with Gasteiger partial charge in [0.25, 0.3) is 0 Å². The molecule has 0 bridgehead atoms. The number of aromatic hydroxyl groups is 2. The first-order valence-electron chi connectivity index (χ1n) is 9.16. The average molecular weight is 352 g/mol. The minimum atomic E-state index is 0.272. The lowest BCUT2D eigenvalue weighted by molar-refractivity contribution is 0.487. The van der Waals surface area contributed by atoms with E-state index in [2.05, 4.69) is 44.2 Å². The predicted molar refractivity (Wildman–Crippen MR) is 114 cm³/mol. The van der Waals surface area contributed by atoms with Crippen molar-refractivity contribution in [3.8, 4) is 11.5 Å². The first-order chi connectivity index (χ1) is 13.0. The number of fused-ring (bicyclic) bond motifs is 4. The third-order valence-corrected chi connectivity index (χ3v) is 5.82. The van der Waals surface area contributed by atoms with E-state index in [4.69, 9.17) is 0 Å². The van der Waals surface area contributed by atoms with Crippen LogP contribution in [0.15, 0.2) is 54.6 Å². The number of hydrogen-bond acceptors (Lipinski definition) is 2. The van der Waals surface area contributed by atoms with Crippen molar-refractivity contribution in [1.82, 2.24) is 0 Å². The number of rotatable bonds is 0. The molecule has 27 heavy (non-hydrogen) atoms. The van der Waals surface area contributed by atoms with Gasteiger partial charge in [0.1, 0.15) is 11.5 Å². The normalized spacial score (nSPS) is 11.8. The van der Waals surface area contributed by atoms with Gasteiger partial charge in [-0.15, -0.1) is 0 Å². The molecule has 132 valence electrons. The van der Waals surface area contributed by atoms with Crippen LogP contribution in [-0.2, 0) is 0 Å². The summed E-state index contributed by atoms with van der Waals surface area (Å²) in [4.78, 5) is 0. The summed E-state index contributed by atoms with van der Waals surface area (Å²) >= 11 is 0. The zero-order chi connectivity index (χ0) is 18.9. The molecule has 0 unspecified atom stereocenters. The Morgan fingerprint density at radius 1 is 0.519 bits per heavy atom. The van der Waals surface area contributed by atoms with Gasteiger partial charge in [0, 0.05) is 21.5 Å². The van der Waals surface area contributed by atoms with E-state index in [0.717, 1.165) is 59.8 Å². The molecule has 0 aliphatic carbocycles. The molecular formula is C25H20O2. The van der Waals surface area contributed by atoms with Crippen molar-refractivity contribution < 1.29 is 10.2 Å². The lowest BCUT2D eigenvalue weighted by atomic mass is 9.92. The highest BCUT2D eigenvalue weighted by Gasteiger charge is 2.14. The fourth-order valence-corrected chi connectivity index (χ4v) is 4.29. The molecule has 2 heteroatoms. The van der Waals surface area contributed by atoms with Gasteiger partial charge in [-0.05, 0) is 83.3 Å². The summed E-state index contributed by atoms with van der Waals surface area (Å²) in [5.74, 6) is 0.558. The first kappa shape index (κ1) is 16.0. The highest BCUT2D eigenvalue weighted by Crippen LogP contribution is 2.42. The zero-order valence-corrected chi connectivity index (χ0v) is 15.6.